The van der Waals surface area contributed by atoms with E-state index < -0.39 is 33.0 Å². The number of nitrogens with one attached hydrogen (secondary N) is 1. The van der Waals surface area contributed by atoms with E-state index in [1.54, 1.807) is 0 Å². The highest BCUT2D eigenvalue weighted by Crippen LogP contribution is 2.27. The molecular formula is C31H35F2N7O3S. The highest BCUT2D eigenvalue weighted by Gasteiger charge is 2.22. The fourth-order valence-electron chi connectivity index (χ4n) is 5.41. The summed E-state index contributed by atoms with van der Waals surface area (Å²) in [6.07, 6.45) is 7.66. The lowest BCUT2D eigenvalue weighted by molar-refractivity contribution is 0.215. The first-order valence-electron chi connectivity index (χ1n) is 14.4. The van der Waals surface area contributed by atoms with Gasteiger partial charge in [-0.2, -0.15) is 4.98 Å². The lowest BCUT2D eigenvalue weighted by Gasteiger charge is -2.31. The Morgan fingerprint density at radius 3 is 2.41 bits per heavy atom. The second-order valence-electron chi connectivity index (χ2n) is 11.6. The lowest BCUT2D eigenvalue weighted by atomic mass is 9.86. The van der Waals surface area contributed by atoms with E-state index in [9.17, 15) is 17.6 Å². The number of aromatic nitrogens is 4. The smallest absolute Gasteiger partial charge is 0.278 e. The van der Waals surface area contributed by atoms with Gasteiger partial charge in [-0.05, 0) is 89.4 Å². The van der Waals surface area contributed by atoms with Crippen molar-refractivity contribution >= 4 is 39.0 Å². The molecule has 0 radical (unpaired) electrons. The number of aliphatic imine (C=N–C) groups is 1. The number of hydrogen-bond acceptors (Lipinski definition) is 8. The van der Waals surface area contributed by atoms with E-state index in [2.05, 4.69) is 43.7 Å². The molecule has 10 nitrogen and oxygen atoms in total. The minimum Gasteiger partial charge on any atom is -0.306 e. The molecule has 1 saturated carbocycles. The number of anilines is 1. The first-order valence-corrected chi connectivity index (χ1v) is 16.1. The third kappa shape index (κ3) is 7.16. The van der Waals surface area contributed by atoms with Gasteiger partial charge in [-0.3, -0.25) is 14.1 Å². The molecule has 2 heterocycles. The molecule has 44 heavy (non-hydrogen) atoms. The van der Waals surface area contributed by atoms with Gasteiger partial charge in [0.25, 0.3) is 11.5 Å². The zero-order valence-corrected chi connectivity index (χ0v) is 25.9. The van der Waals surface area contributed by atoms with E-state index in [1.807, 2.05) is 20.1 Å². The van der Waals surface area contributed by atoms with Crippen molar-refractivity contribution in [3.8, 4) is 11.3 Å². The summed E-state index contributed by atoms with van der Waals surface area (Å²) in [6.45, 7) is 3.66. The summed E-state index contributed by atoms with van der Waals surface area (Å²) in [5, 5.41) is 0. The quantitative estimate of drug-likeness (QED) is 0.245. The predicted octanol–water partition coefficient (Wildman–Crippen LogP) is 5.48. The normalized spacial score (nSPS) is 17.6. The monoisotopic (exact) mass is 623 g/mol. The highest BCUT2D eigenvalue weighted by atomic mass is 32.2. The number of halogens is 2. The molecule has 1 N–H and O–H groups in total. The number of hydrogen-bond donors (Lipinski definition) is 1. The Labute approximate surface area is 255 Å². The zero-order valence-electron chi connectivity index (χ0n) is 25.0. The van der Waals surface area contributed by atoms with Crippen molar-refractivity contribution in [2.24, 2.45) is 10.9 Å². The van der Waals surface area contributed by atoms with Crippen molar-refractivity contribution in [2.75, 3.05) is 18.8 Å². The molecule has 4 aromatic rings. The van der Waals surface area contributed by atoms with Crippen molar-refractivity contribution < 1.29 is 17.2 Å². The summed E-state index contributed by atoms with van der Waals surface area (Å²) in [5.41, 5.74) is 0.368. The van der Waals surface area contributed by atoms with Crippen LogP contribution >= 0.6 is 0 Å². The van der Waals surface area contributed by atoms with Crippen molar-refractivity contribution in [1.29, 1.82) is 0 Å². The SMILES string of the molecule is CC(C)n1c(=O)c(-c2ccc(NS(=O)(=O)Cc3ccc(F)cc3)c(F)c2)nc2cnc(N=CC3CCC(N(C)C)CC3)nc21. The van der Waals surface area contributed by atoms with Crippen LogP contribution in [0.2, 0.25) is 0 Å². The van der Waals surface area contributed by atoms with E-state index in [-0.39, 0.29) is 28.9 Å². The van der Waals surface area contributed by atoms with Gasteiger partial charge in [-0.1, -0.05) is 18.2 Å². The van der Waals surface area contributed by atoms with E-state index in [4.69, 9.17) is 0 Å². The fourth-order valence-corrected chi connectivity index (χ4v) is 6.61. The maximum atomic E-state index is 15.2. The summed E-state index contributed by atoms with van der Waals surface area (Å²) in [5.74, 6) is -1.28. The summed E-state index contributed by atoms with van der Waals surface area (Å²) in [4.78, 5) is 33.7. The van der Waals surface area contributed by atoms with Gasteiger partial charge in [0.2, 0.25) is 10.0 Å². The van der Waals surface area contributed by atoms with Gasteiger partial charge in [0.05, 0.1) is 17.6 Å². The fraction of sp³-hybridized carbons (Fsp3) is 0.387. The number of fused-ring (bicyclic) bond motifs is 1. The Bertz CT molecular complexity index is 1850. The summed E-state index contributed by atoms with van der Waals surface area (Å²) >= 11 is 0. The largest absolute Gasteiger partial charge is 0.306 e. The minimum absolute atomic E-state index is 0.0247. The van der Waals surface area contributed by atoms with Gasteiger partial charge >= 0.3 is 0 Å². The van der Waals surface area contributed by atoms with Gasteiger partial charge in [0.15, 0.2) is 5.65 Å². The third-order valence-electron chi connectivity index (χ3n) is 7.79. The van der Waals surface area contributed by atoms with Gasteiger partial charge in [0, 0.05) is 23.9 Å². The molecular weight excluding hydrogens is 588 g/mol. The van der Waals surface area contributed by atoms with E-state index in [0.29, 0.717) is 28.7 Å². The van der Waals surface area contributed by atoms with Gasteiger partial charge in [0.1, 0.15) is 22.8 Å². The topological polar surface area (TPSA) is 122 Å². The molecule has 1 aliphatic rings. The maximum Gasteiger partial charge on any atom is 0.278 e. The van der Waals surface area contributed by atoms with Crippen molar-refractivity contribution in [3.63, 3.8) is 0 Å². The van der Waals surface area contributed by atoms with Gasteiger partial charge in [-0.15, -0.1) is 0 Å². The molecule has 2 aromatic carbocycles. The number of sulfonamides is 1. The molecule has 1 aliphatic carbocycles. The van der Waals surface area contributed by atoms with Crippen LogP contribution in [-0.4, -0.2) is 59.2 Å². The van der Waals surface area contributed by atoms with E-state index in [1.165, 1.54) is 35.0 Å². The van der Waals surface area contributed by atoms with Crippen LogP contribution in [0.25, 0.3) is 22.4 Å². The van der Waals surface area contributed by atoms with Crippen molar-refractivity contribution in [1.82, 2.24) is 24.4 Å². The molecule has 232 valence electrons. The summed E-state index contributed by atoms with van der Waals surface area (Å²) in [6, 6.07) is 8.98. The first-order chi connectivity index (χ1) is 20.9. The molecule has 0 atom stereocenters. The second kappa shape index (κ2) is 12.9. The Kier molecular flexibility index (Phi) is 9.16. The Hall–Kier alpha value is -4.10. The molecule has 0 saturated heterocycles. The minimum atomic E-state index is -4.00. The molecule has 0 spiro atoms. The predicted molar refractivity (Wildman–Crippen MR) is 168 cm³/mol. The maximum absolute atomic E-state index is 15.2. The van der Waals surface area contributed by atoms with Crippen LogP contribution in [0, 0.1) is 17.6 Å². The van der Waals surface area contributed by atoms with Crippen LogP contribution in [0.5, 0.6) is 0 Å². The molecule has 2 aromatic heterocycles. The summed E-state index contributed by atoms with van der Waals surface area (Å²) < 4.78 is 57.2. The Morgan fingerprint density at radius 2 is 1.77 bits per heavy atom. The number of nitrogens with zero attached hydrogens (tertiary/aromatic N) is 6. The Morgan fingerprint density at radius 1 is 1.07 bits per heavy atom. The Balaban J connectivity index is 1.40. The van der Waals surface area contributed by atoms with Crippen LogP contribution in [0.1, 0.15) is 51.1 Å². The molecule has 13 heteroatoms. The van der Waals surface area contributed by atoms with Crippen LogP contribution in [-0.2, 0) is 15.8 Å². The zero-order chi connectivity index (χ0) is 31.6. The average Bonchev–Trinajstić information content (AvgIpc) is 2.97. The molecule has 0 amide bonds. The first kappa shape index (κ1) is 31.3. The summed E-state index contributed by atoms with van der Waals surface area (Å²) in [7, 11) is 0.203. The highest BCUT2D eigenvalue weighted by molar-refractivity contribution is 7.91. The van der Waals surface area contributed by atoms with E-state index in [0.717, 1.165) is 43.9 Å². The standard InChI is InChI=1S/C31H35F2N7O3S/c1-19(2)40-29-27(17-35-31(37-29)34-16-20-7-12-24(13-8-20)39(3)4)36-28(30(40)41)22-9-14-26(25(33)15-22)38-44(42,43)18-21-5-10-23(32)11-6-21/h5-6,9-11,14-17,19-20,24,38H,7-8,12-13,18H2,1-4H3. The molecule has 0 bridgehead atoms. The lowest BCUT2D eigenvalue weighted by Crippen LogP contribution is -2.32. The van der Waals surface area contributed by atoms with Crippen molar-refractivity contribution in [2.45, 2.75) is 57.4 Å². The van der Waals surface area contributed by atoms with Gasteiger partial charge < -0.3 is 4.90 Å². The molecule has 1 fully saturated rings. The van der Waals surface area contributed by atoms with Crippen molar-refractivity contribution in [3.05, 3.63) is 76.2 Å². The molecule has 0 aliphatic heterocycles. The van der Waals surface area contributed by atoms with Crippen LogP contribution in [0.4, 0.5) is 20.4 Å². The second-order valence-corrected chi connectivity index (χ2v) is 13.3. The number of rotatable bonds is 9. The van der Waals surface area contributed by atoms with E-state index >= 15 is 4.39 Å². The average molecular weight is 624 g/mol. The van der Waals surface area contributed by atoms with Gasteiger partial charge in [-0.25, -0.2) is 32.2 Å². The van der Waals surface area contributed by atoms with Crippen LogP contribution < -0.4 is 10.3 Å². The van der Waals surface area contributed by atoms with Crippen LogP contribution in [0.3, 0.4) is 0 Å². The molecule has 5 rings (SSSR count). The third-order valence-corrected chi connectivity index (χ3v) is 9.03. The number of benzene rings is 2. The molecule has 0 unspecified atom stereocenters. The van der Waals surface area contributed by atoms with Crippen LogP contribution in [0.15, 0.2) is 58.4 Å².